The number of nitrogens with zero attached hydrogens (tertiary/aromatic N) is 1. The number of ether oxygens (including phenoxy) is 2. The van der Waals surface area contributed by atoms with Crippen molar-refractivity contribution >= 4 is 28.5 Å². The number of benzene rings is 1. The van der Waals surface area contributed by atoms with E-state index in [1.807, 2.05) is 0 Å². The molecule has 0 saturated heterocycles. The number of rotatable bonds is 5. The SMILES string of the molecule is COc1cc(NC(=O)[C@@H]2C[C@@H]2C(=O)O)c2nccc(OC)c2c1. The van der Waals surface area contributed by atoms with Crippen LogP contribution in [0.1, 0.15) is 6.42 Å². The first kappa shape index (κ1) is 15.1. The summed E-state index contributed by atoms with van der Waals surface area (Å²) in [5.41, 5.74) is 1.03. The van der Waals surface area contributed by atoms with E-state index in [-0.39, 0.29) is 5.91 Å². The van der Waals surface area contributed by atoms with Gasteiger partial charge in [0.1, 0.15) is 11.5 Å². The molecule has 7 nitrogen and oxygen atoms in total. The van der Waals surface area contributed by atoms with Gasteiger partial charge in [0.05, 0.1) is 37.3 Å². The highest BCUT2D eigenvalue weighted by atomic mass is 16.5. The zero-order valence-corrected chi connectivity index (χ0v) is 12.7. The Bertz CT molecular complexity index is 789. The van der Waals surface area contributed by atoms with Crippen LogP contribution in [-0.2, 0) is 9.59 Å². The monoisotopic (exact) mass is 316 g/mol. The minimum atomic E-state index is -0.944. The van der Waals surface area contributed by atoms with E-state index in [2.05, 4.69) is 10.3 Å². The first-order valence-corrected chi connectivity index (χ1v) is 7.09. The molecule has 1 fully saturated rings. The third kappa shape index (κ3) is 2.77. The molecular weight excluding hydrogens is 300 g/mol. The predicted molar refractivity (Wildman–Crippen MR) is 82.7 cm³/mol. The molecular formula is C16H16N2O5. The van der Waals surface area contributed by atoms with E-state index >= 15 is 0 Å². The van der Waals surface area contributed by atoms with Crippen LogP contribution in [0.15, 0.2) is 24.4 Å². The molecule has 1 aromatic carbocycles. The van der Waals surface area contributed by atoms with Crippen LogP contribution in [0.4, 0.5) is 5.69 Å². The van der Waals surface area contributed by atoms with E-state index < -0.39 is 17.8 Å². The molecule has 2 N–H and O–H groups in total. The third-order valence-electron chi connectivity index (χ3n) is 3.94. The fourth-order valence-electron chi connectivity index (χ4n) is 2.58. The van der Waals surface area contributed by atoms with E-state index in [0.29, 0.717) is 34.5 Å². The molecule has 120 valence electrons. The third-order valence-corrected chi connectivity index (χ3v) is 3.94. The van der Waals surface area contributed by atoms with Crippen LogP contribution >= 0.6 is 0 Å². The molecule has 7 heteroatoms. The average Bonchev–Trinajstić information content (AvgIpc) is 3.35. The topological polar surface area (TPSA) is 97.8 Å². The van der Waals surface area contributed by atoms with Gasteiger partial charge in [0.25, 0.3) is 0 Å². The standard InChI is InChI=1S/C16H16N2O5/c1-22-8-5-11-13(23-2)3-4-17-14(11)12(6-8)18-15(19)9-7-10(9)16(20)21/h3-6,9-10H,7H2,1-2H3,(H,18,19)(H,20,21)/t9-,10+/m1/s1. The summed E-state index contributed by atoms with van der Waals surface area (Å²) in [4.78, 5) is 27.4. The molecule has 2 atom stereocenters. The van der Waals surface area contributed by atoms with Gasteiger partial charge in [0, 0.05) is 17.6 Å². The Balaban J connectivity index is 1.97. The lowest BCUT2D eigenvalue weighted by Gasteiger charge is -2.12. The number of anilines is 1. The predicted octanol–water partition coefficient (Wildman–Crippen LogP) is 1.91. The van der Waals surface area contributed by atoms with Crippen molar-refractivity contribution < 1.29 is 24.2 Å². The molecule has 0 aliphatic heterocycles. The summed E-state index contributed by atoms with van der Waals surface area (Å²) >= 11 is 0. The lowest BCUT2D eigenvalue weighted by molar-refractivity contribution is -0.139. The number of carboxylic acids is 1. The molecule has 0 spiro atoms. The van der Waals surface area contributed by atoms with Crippen molar-refractivity contribution in [1.29, 1.82) is 0 Å². The highest BCUT2D eigenvalue weighted by Crippen LogP contribution is 2.40. The number of methoxy groups -OCH3 is 2. The van der Waals surface area contributed by atoms with Crippen LogP contribution in [0.2, 0.25) is 0 Å². The normalized spacial score (nSPS) is 19.2. The summed E-state index contributed by atoms with van der Waals surface area (Å²) < 4.78 is 10.6. The summed E-state index contributed by atoms with van der Waals surface area (Å²) in [6.45, 7) is 0. The van der Waals surface area contributed by atoms with Crippen LogP contribution in [0.5, 0.6) is 11.5 Å². The van der Waals surface area contributed by atoms with Crippen molar-refractivity contribution in [3.05, 3.63) is 24.4 Å². The first-order chi connectivity index (χ1) is 11.0. The molecule has 1 aliphatic carbocycles. The molecule has 0 bridgehead atoms. The van der Waals surface area contributed by atoms with E-state index in [9.17, 15) is 9.59 Å². The van der Waals surface area contributed by atoms with Crippen LogP contribution in [0.3, 0.4) is 0 Å². The maximum Gasteiger partial charge on any atom is 0.307 e. The molecule has 3 rings (SSSR count). The van der Waals surface area contributed by atoms with Crippen molar-refractivity contribution in [2.75, 3.05) is 19.5 Å². The Morgan fingerprint density at radius 1 is 1.26 bits per heavy atom. The number of carbonyl (C=O) groups is 2. The van der Waals surface area contributed by atoms with E-state index in [1.165, 1.54) is 7.11 Å². The van der Waals surface area contributed by atoms with E-state index in [0.717, 1.165) is 0 Å². The highest BCUT2D eigenvalue weighted by Gasteiger charge is 2.48. The van der Waals surface area contributed by atoms with Crippen LogP contribution in [0, 0.1) is 11.8 Å². The minimum absolute atomic E-state index is 0.323. The molecule has 1 aromatic heterocycles. The molecule has 2 aromatic rings. The minimum Gasteiger partial charge on any atom is -0.497 e. The number of hydrogen-bond acceptors (Lipinski definition) is 5. The van der Waals surface area contributed by atoms with Gasteiger partial charge in [-0.05, 0) is 18.6 Å². The molecule has 0 radical (unpaired) electrons. The summed E-state index contributed by atoms with van der Waals surface area (Å²) in [5.74, 6) is -1.21. The van der Waals surface area contributed by atoms with Gasteiger partial charge in [-0.2, -0.15) is 0 Å². The van der Waals surface area contributed by atoms with Crippen LogP contribution in [-0.4, -0.2) is 36.2 Å². The van der Waals surface area contributed by atoms with Gasteiger partial charge in [0.2, 0.25) is 5.91 Å². The maximum absolute atomic E-state index is 12.2. The van der Waals surface area contributed by atoms with Gasteiger partial charge in [-0.25, -0.2) is 0 Å². The second-order valence-electron chi connectivity index (χ2n) is 5.36. The number of hydrogen-bond donors (Lipinski definition) is 2. The molecule has 1 aliphatic rings. The van der Waals surface area contributed by atoms with Gasteiger partial charge in [-0.3, -0.25) is 14.6 Å². The molecule has 23 heavy (non-hydrogen) atoms. The zero-order chi connectivity index (χ0) is 16.6. The Kier molecular flexibility index (Phi) is 3.77. The Labute approximate surface area is 132 Å². The number of fused-ring (bicyclic) bond motifs is 1. The fraction of sp³-hybridized carbons (Fsp3) is 0.312. The number of aromatic nitrogens is 1. The largest absolute Gasteiger partial charge is 0.497 e. The van der Waals surface area contributed by atoms with E-state index in [4.69, 9.17) is 14.6 Å². The summed E-state index contributed by atoms with van der Waals surface area (Å²) in [7, 11) is 3.07. The number of pyridine rings is 1. The molecule has 0 unspecified atom stereocenters. The van der Waals surface area contributed by atoms with E-state index in [1.54, 1.807) is 31.5 Å². The van der Waals surface area contributed by atoms with Crippen molar-refractivity contribution in [2.45, 2.75) is 6.42 Å². The van der Waals surface area contributed by atoms with Gasteiger partial charge in [0.15, 0.2) is 0 Å². The lowest BCUT2D eigenvalue weighted by atomic mass is 10.1. The van der Waals surface area contributed by atoms with Crippen molar-refractivity contribution in [3.63, 3.8) is 0 Å². The fourth-order valence-corrected chi connectivity index (χ4v) is 2.58. The van der Waals surface area contributed by atoms with Crippen molar-refractivity contribution in [2.24, 2.45) is 11.8 Å². The van der Waals surface area contributed by atoms with Gasteiger partial charge >= 0.3 is 5.97 Å². The Morgan fingerprint density at radius 3 is 2.65 bits per heavy atom. The Hall–Kier alpha value is -2.83. The lowest BCUT2D eigenvalue weighted by Crippen LogP contribution is -2.17. The number of amides is 1. The van der Waals surface area contributed by atoms with Gasteiger partial charge < -0.3 is 19.9 Å². The second-order valence-corrected chi connectivity index (χ2v) is 5.36. The quantitative estimate of drug-likeness (QED) is 0.874. The number of nitrogens with one attached hydrogen (secondary N) is 1. The molecule has 1 heterocycles. The van der Waals surface area contributed by atoms with Crippen molar-refractivity contribution in [1.82, 2.24) is 4.98 Å². The second kappa shape index (κ2) is 5.75. The van der Waals surface area contributed by atoms with Gasteiger partial charge in [-0.1, -0.05) is 0 Å². The van der Waals surface area contributed by atoms with Gasteiger partial charge in [-0.15, -0.1) is 0 Å². The molecule has 1 amide bonds. The Morgan fingerprint density at radius 2 is 2.04 bits per heavy atom. The maximum atomic E-state index is 12.2. The van der Waals surface area contributed by atoms with Crippen LogP contribution in [0.25, 0.3) is 10.9 Å². The highest BCUT2D eigenvalue weighted by molar-refractivity contribution is 6.05. The number of carboxylic acid groups (broad SMARTS) is 1. The average molecular weight is 316 g/mol. The number of aliphatic carboxylic acids is 1. The number of carbonyl (C=O) groups excluding carboxylic acids is 1. The zero-order valence-electron chi connectivity index (χ0n) is 12.7. The summed E-state index contributed by atoms with van der Waals surface area (Å²) in [6.07, 6.45) is 1.94. The summed E-state index contributed by atoms with van der Waals surface area (Å²) in [5, 5.41) is 12.4. The van der Waals surface area contributed by atoms with Crippen molar-refractivity contribution in [3.8, 4) is 11.5 Å². The molecule has 1 saturated carbocycles. The first-order valence-electron chi connectivity index (χ1n) is 7.09. The van der Waals surface area contributed by atoms with Crippen LogP contribution < -0.4 is 14.8 Å². The smallest absolute Gasteiger partial charge is 0.307 e. The summed E-state index contributed by atoms with van der Waals surface area (Å²) in [6, 6.07) is 5.15.